The van der Waals surface area contributed by atoms with Crippen molar-refractivity contribution in [1.82, 2.24) is 10.3 Å². The fraction of sp³-hybridized carbons (Fsp3) is 0.294. The quantitative estimate of drug-likeness (QED) is 0.515. The fourth-order valence-corrected chi connectivity index (χ4v) is 2.70. The Morgan fingerprint density at radius 2 is 2.00 bits per heavy atom. The molecule has 2 heterocycles. The van der Waals surface area contributed by atoms with Crippen LogP contribution in [0, 0.1) is 0 Å². The van der Waals surface area contributed by atoms with E-state index in [4.69, 9.17) is 0 Å². The number of hydrogen-bond acceptors (Lipinski definition) is 3. The number of nitrogens with one attached hydrogen (secondary N) is 2. The van der Waals surface area contributed by atoms with Gasteiger partial charge in [0.1, 0.15) is 0 Å². The summed E-state index contributed by atoms with van der Waals surface area (Å²) in [4.78, 5) is 10.7. The molecule has 0 radical (unpaired) electrons. The van der Waals surface area contributed by atoms with Crippen molar-refractivity contribution in [3.05, 3.63) is 54.4 Å². The summed E-state index contributed by atoms with van der Waals surface area (Å²) in [5, 5.41) is 6.78. The van der Waals surface area contributed by atoms with Gasteiger partial charge in [-0.25, -0.2) is 0 Å². The Morgan fingerprint density at radius 1 is 1.18 bits per heavy atom. The molecule has 1 aromatic carbocycles. The van der Waals surface area contributed by atoms with Gasteiger partial charge < -0.3 is 15.5 Å². The van der Waals surface area contributed by atoms with E-state index in [0.717, 1.165) is 37.7 Å². The highest BCUT2D eigenvalue weighted by Crippen LogP contribution is 2.27. The molecule has 0 atom stereocenters. The average molecular weight is 295 g/mol. The summed E-state index contributed by atoms with van der Waals surface area (Å²) in [6.45, 7) is 2.63. The predicted octanol–water partition coefficient (Wildman–Crippen LogP) is 2.13. The molecule has 0 unspecified atom stereocenters. The van der Waals surface area contributed by atoms with E-state index in [1.807, 2.05) is 19.2 Å². The van der Waals surface area contributed by atoms with E-state index < -0.39 is 0 Å². The number of nitrogens with zero attached hydrogens (tertiary/aromatic N) is 3. The number of anilines is 2. The molecule has 1 aliphatic heterocycles. The SMILES string of the molecule is CN=C(NCCNc1ccncc1)N1CCc2ccccc21. The standard InChI is InChI=1S/C17H21N5/c1-18-17(21-12-11-20-15-6-9-19-10-7-15)22-13-8-14-4-2-3-5-16(14)22/h2-7,9-10H,8,11-13H2,1H3,(H,18,21)(H,19,20). The van der Waals surface area contributed by atoms with Crippen molar-refractivity contribution in [1.29, 1.82) is 0 Å². The van der Waals surface area contributed by atoms with Crippen LogP contribution in [-0.2, 0) is 6.42 Å². The highest BCUT2D eigenvalue weighted by molar-refractivity contribution is 5.97. The van der Waals surface area contributed by atoms with Gasteiger partial charge in [-0.05, 0) is 30.2 Å². The third-order valence-electron chi connectivity index (χ3n) is 3.77. The summed E-state index contributed by atoms with van der Waals surface area (Å²) in [7, 11) is 1.83. The molecule has 3 rings (SSSR count). The number of pyridine rings is 1. The number of fused-ring (bicyclic) bond motifs is 1. The molecule has 5 heteroatoms. The molecule has 1 aromatic heterocycles. The zero-order valence-electron chi connectivity index (χ0n) is 12.8. The van der Waals surface area contributed by atoms with Crippen LogP contribution in [0.3, 0.4) is 0 Å². The van der Waals surface area contributed by atoms with Crippen molar-refractivity contribution in [3.8, 4) is 0 Å². The minimum atomic E-state index is 0.813. The van der Waals surface area contributed by atoms with E-state index in [1.165, 1.54) is 11.3 Å². The Bertz CT molecular complexity index is 639. The molecule has 1 aliphatic rings. The van der Waals surface area contributed by atoms with Crippen LogP contribution in [0.25, 0.3) is 0 Å². The van der Waals surface area contributed by atoms with Crippen LogP contribution < -0.4 is 15.5 Å². The van der Waals surface area contributed by atoms with Gasteiger partial charge in [-0.15, -0.1) is 0 Å². The second-order valence-corrected chi connectivity index (χ2v) is 5.17. The van der Waals surface area contributed by atoms with Crippen LogP contribution in [0.5, 0.6) is 0 Å². The Balaban J connectivity index is 1.53. The van der Waals surface area contributed by atoms with E-state index in [2.05, 4.69) is 49.8 Å². The third kappa shape index (κ3) is 3.19. The van der Waals surface area contributed by atoms with Crippen molar-refractivity contribution >= 4 is 17.3 Å². The van der Waals surface area contributed by atoms with Gasteiger partial charge in [-0.3, -0.25) is 9.98 Å². The van der Waals surface area contributed by atoms with Gasteiger partial charge in [0.05, 0.1) is 0 Å². The van der Waals surface area contributed by atoms with E-state index in [0.29, 0.717) is 0 Å². The summed E-state index contributed by atoms with van der Waals surface area (Å²) >= 11 is 0. The van der Waals surface area contributed by atoms with Gasteiger partial charge in [0, 0.05) is 50.5 Å². The molecule has 2 aromatic rings. The second-order valence-electron chi connectivity index (χ2n) is 5.17. The van der Waals surface area contributed by atoms with Gasteiger partial charge >= 0.3 is 0 Å². The summed E-state index contributed by atoms with van der Waals surface area (Å²) < 4.78 is 0. The summed E-state index contributed by atoms with van der Waals surface area (Å²) in [6.07, 6.45) is 4.65. The van der Waals surface area contributed by atoms with Crippen molar-refractivity contribution in [3.63, 3.8) is 0 Å². The molecule has 0 fully saturated rings. The van der Waals surface area contributed by atoms with Gasteiger partial charge in [-0.2, -0.15) is 0 Å². The molecule has 0 saturated heterocycles. The molecule has 0 spiro atoms. The molecule has 114 valence electrons. The maximum atomic E-state index is 4.41. The number of aliphatic imine (C=N–C) groups is 1. The minimum Gasteiger partial charge on any atom is -0.383 e. The van der Waals surface area contributed by atoms with Crippen LogP contribution >= 0.6 is 0 Å². The van der Waals surface area contributed by atoms with Crippen LogP contribution in [-0.4, -0.2) is 37.6 Å². The first-order chi connectivity index (χ1) is 10.9. The summed E-state index contributed by atoms with van der Waals surface area (Å²) in [6, 6.07) is 12.4. The van der Waals surface area contributed by atoms with Crippen molar-refractivity contribution in [2.45, 2.75) is 6.42 Å². The first kappa shape index (κ1) is 14.4. The second kappa shape index (κ2) is 6.93. The van der Waals surface area contributed by atoms with Crippen molar-refractivity contribution < 1.29 is 0 Å². The Morgan fingerprint density at radius 3 is 2.82 bits per heavy atom. The number of rotatable bonds is 4. The summed E-state index contributed by atoms with van der Waals surface area (Å²) in [5.74, 6) is 0.932. The van der Waals surface area contributed by atoms with Crippen molar-refractivity contribution in [2.75, 3.05) is 36.9 Å². The molecular formula is C17H21N5. The lowest BCUT2D eigenvalue weighted by molar-refractivity contribution is 0.867. The highest BCUT2D eigenvalue weighted by atomic mass is 15.3. The molecule has 0 saturated carbocycles. The molecule has 5 nitrogen and oxygen atoms in total. The number of hydrogen-bond donors (Lipinski definition) is 2. The maximum Gasteiger partial charge on any atom is 0.198 e. The van der Waals surface area contributed by atoms with E-state index >= 15 is 0 Å². The van der Waals surface area contributed by atoms with Crippen LogP contribution in [0.1, 0.15) is 5.56 Å². The number of guanidine groups is 1. The van der Waals surface area contributed by atoms with Gasteiger partial charge in [0.2, 0.25) is 0 Å². The lowest BCUT2D eigenvalue weighted by Crippen LogP contribution is -2.42. The number of aromatic nitrogens is 1. The van der Waals surface area contributed by atoms with Crippen LogP contribution in [0.15, 0.2) is 53.8 Å². The first-order valence-corrected chi connectivity index (χ1v) is 7.58. The van der Waals surface area contributed by atoms with E-state index in [9.17, 15) is 0 Å². The zero-order valence-corrected chi connectivity index (χ0v) is 12.8. The van der Waals surface area contributed by atoms with Gasteiger partial charge in [-0.1, -0.05) is 18.2 Å². The van der Waals surface area contributed by atoms with Gasteiger partial charge in [0.25, 0.3) is 0 Å². The monoisotopic (exact) mass is 295 g/mol. The Hall–Kier alpha value is -2.56. The van der Waals surface area contributed by atoms with E-state index in [-0.39, 0.29) is 0 Å². The van der Waals surface area contributed by atoms with Gasteiger partial charge in [0.15, 0.2) is 5.96 Å². The van der Waals surface area contributed by atoms with Crippen LogP contribution in [0.2, 0.25) is 0 Å². The highest BCUT2D eigenvalue weighted by Gasteiger charge is 2.21. The largest absolute Gasteiger partial charge is 0.383 e. The molecule has 22 heavy (non-hydrogen) atoms. The number of para-hydroxylation sites is 1. The van der Waals surface area contributed by atoms with Crippen LogP contribution in [0.4, 0.5) is 11.4 Å². The molecular weight excluding hydrogens is 274 g/mol. The maximum absolute atomic E-state index is 4.41. The molecule has 0 amide bonds. The molecule has 0 aliphatic carbocycles. The third-order valence-corrected chi connectivity index (χ3v) is 3.77. The predicted molar refractivity (Wildman–Crippen MR) is 91.6 cm³/mol. The normalized spacial score (nSPS) is 13.9. The Labute approximate surface area is 131 Å². The molecule has 2 N–H and O–H groups in total. The summed E-state index contributed by atoms with van der Waals surface area (Å²) in [5.41, 5.74) is 3.73. The first-order valence-electron chi connectivity index (χ1n) is 7.58. The topological polar surface area (TPSA) is 52.6 Å². The van der Waals surface area contributed by atoms with Crippen molar-refractivity contribution in [2.24, 2.45) is 4.99 Å². The zero-order chi connectivity index (χ0) is 15.2. The lowest BCUT2D eigenvalue weighted by atomic mass is 10.2. The fourth-order valence-electron chi connectivity index (χ4n) is 2.70. The average Bonchev–Trinajstić information content (AvgIpc) is 3.00. The lowest BCUT2D eigenvalue weighted by Gasteiger charge is -2.22. The number of benzene rings is 1. The van der Waals surface area contributed by atoms with E-state index in [1.54, 1.807) is 12.4 Å². The Kier molecular flexibility index (Phi) is 4.53. The molecule has 0 bridgehead atoms. The minimum absolute atomic E-state index is 0.813. The smallest absolute Gasteiger partial charge is 0.198 e.